The molecule has 0 radical (unpaired) electrons. The van der Waals surface area contributed by atoms with E-state index in [1.165, 1.54) is 34.9 Å². The SMILES string of the molecule is O=C(CCCn1c(=O)oc2cc([N+](=O)[O-])ccc21)NC[C@@H](c1ccc(F)cc1)N1CCOCC1. The number of nitro benzene ring substituents is 1. The largest absolute Gasteiger partial charge is 0.419 e. The molecule has 1 amide bonds. The van der Waals surface area contributed by atoms with Crippen molar-refractivity contribution in [2.24, 2.45) is 0 Å². The summed E-state index contributed by atoms with van der Waals surface area (Å²) in [6.45, 7) is 3.23. The number of aromatic nitrogens is 1. The summed E-state index contributed by atoms with van der Waals surface area (Å²) in [5, 5.41) is 13.9. The number of fused-ring (bicyclic) bond motifs is 1. The number of carbonyl (C=O) groups excluding carboxylic acids is 1. The average molecular weight is 472 g/mol. The van der Waals surface area contributed by atoms with Crippen LogP contribution in [0.1, 0.15) is 24.4 Å². The number of rotatable bonds is 9. The first-order chi connectivity index (χ1) is 16.4. The number of nitrogens with one attached hydrogen (secondary N) is 1. The van der Waals surface area contributed by atoms with Crippen LogP contribution in [0, 0.1) is 15.9 Å². The van der Waals surface area contributed by atoms with Crippen molar-refractivity contribution in [3.8, 4) is 0 Å². The summed E-state index contributed by atoms with van der Waals surface area (Å²) >= 11 is 0. The fourth-order valence-corrected chi connectivity index (χ4v) is 4.11. The number of non-ortho nitro benzene ring substituents is 1. The molecule has 1 aliphatic rings. The molecule has 0 bridgehead atoms. The molecule has 11 heteroatoms. The van der Waals surface area contributed by atoms with Crippen molar-refractivity contribution in [3.05, 3.63) is 74.5 Å². The number of amides is 1. The number of hydrogen-bond donors (Lipinski definition) is 1. The molecule has 0 unspecified atom stereocenters. The molecule has 1 aromatic heterocycles. The molecule has 1 fully saturated rings. The van der Waals surface area contributed by atoms with Gasteiger partial charge in [0.1, 0.15) is 5.82 Å². The number of aryl methyl sites for hydroxylation is 1. The molecule has 4 rings (SSSR count). The minimum absolute atomic E-state index is 0.107. The van der Waals surface area contributed by atoms with Gasteiger partial charge in [-0.2, -0.15) is 0 Å². The minimum atomic E-state index is -0.625. The monoisotopic (exact) mass is 472 g/mol. The van der Waals surface area contributed by atoms with Crippen LogP contribution in [0.15, 0.2) is 51.7 Å². The molecule has 1 saturated heterocycles. The lowest BCUT2D eigenvalue weighted by Crippen LogP contribution is -2.43. The summed E-state index contributed by atoms with van der Waals surface area (Å²) in [5.74, 6) is -1.11. The predicted octanol–water partition coefficient (Wildman–Crippen LogP) is 2.61. The Morgan fingerprint density at radius 2 is 1.91 bits per heavy atom. The Hall–Kier alpha value is -3.57. The number of hydrogen-bond acceptors (Lipinski definition) is 7. The molecular weight excluding hydrogens is 447 g/mol. The number of nitrogens with zero attached hydrogens (tertiary/aromatic N) is 3. The predicted molar refractivity (Wildman–Crippen MR) is 121 cm³/mol. The lowest BCUT2D eigenvalue weighted by atomic mass is 10.0. The zero-order valence-electron chi connectivity index (χ0n) is 18.4. The van der Waals surface area contributed by atoms with Crippen molar-refractivity contribution in [1.29, 1.82) is 0 Å². The Morgan fingerprint density at radius 1 is 1.18 bits per heavy atom. The van der Waals surface area contributed by atoms with E-state index in [4.69, 9.17) is 9.15 Å². The van der Waals surface area contributed by atoms with E-state index in [1.807, 2.05) is 0 Å². The minimum Gasteiger partial charge on any atom is -0.407 e. The van der Waals surface area contributed by atoms with Gasteiger partial charge < -0.3 is 14.5 Å². The van der Waals surface area contributed by atoms with Crippen molar-refractivity contribution in [3.63, 3.8) is 0 Å². The third-order valence-corrected chi connectivity index (χ3v) is 5.88. The van der Waals surface area contributed by atoms with Gasteiger partial charge in [-0.3, -0.25) is 24.4 Å². The number of oxazole rings is 1. The lowest BCUT2D eigenvalue weighted by Gasteiger charge is -2.35. The average Bonchev–Trinajstić information content (AvgIpc) is 3.15. The van der Waals surface area contributed by atoms with Gasteiger partial charge in [-0.05, 0) is 30.2 Å². The molecular formula is C23H25FN4O6. The number of benzene rings is 2. The molecule has 3 aromatic rings. The van der Waals surface area contributed by atoms with E-state index < -0.39 is 10.7 Å². The maximum absolute atomic E-state index is 13.4. The van der Waals surface area contributed by atoms with Crippen LogP contribution in [0.5, 0.6) is 0 Å². The van der Waals surface area contributed by atoms with Gasteiger partial charge in [0, 0.05) is 38.7 Å². The quantitative estimate of drug-likeness (QED) is 0.375. The molecule has 1 N–H and O–H groups in total. The highest BCUT2D eigenvalue weighted by molar-refractivity contribution is 5.76. The summed E-state index contributed by atoms with van der Waals surface area (Å²) in [6, 6.07) is 10.1. The molecule has 2 heterocycles. The second kappa shape index (κ2) is 10.6. The zero-order valence-corrected chi connectivity index (χ0v) is 18.4. The molecule has 0 saturated carbocycles. The summed E-state index contributed by atoms with van der Waals surface area (Å²) < 4.78 is 25.3. The standard InChI is InChI=1S/C23H25FN4O6/c24-17-5-3-16(4-6-17)20(26-10-12-33-13-11-26)15-25-22(29)2-1-9-27-19-8-7-18(28(31)32)14-21(19)34-23(27)30/h3-8,14,20H,1-2,9-13,15H2,(H,25,29)/t20-/m0/s1. The first-order valence-corrected chi connectivity index (χ1v) is 11.0. The Balaban J connectivity index is 1.35. The molecule has 2 aromatic carbocycles. The Kier molecular flexibility index (Phi) is 7.33. The normalized spacial score (nSPS) is 15.3. The van der Waals surface area contributed by atoms with Crippen LogP contribution >= 0.6 is 0 Å². The van der Waals surface area contributed by atoms with E-state index in [9.17, 15) is 24.1 Å². The number of ether oxygens (including phenoxy) is 1. The van der Waals surface area contributed by atoms with Crippen LogP contribution in [0.2, 0.25) is 0 Å². The first kappa shape index (κ1) is 23.6. The number of morpholine rings is 1. The van der Waals surface area contributed by atoms with E-state index >= 15 is 0 Å². The van der Waals surface area contributed by atoms with Crippen LogP contribution < -0.4 is 11.1 Å². The zero-order chi connectivity index (χ0) is 24.1. The Morgan fingerprint density at radius 3 is 2.62 bits per heavy atom. The summed E-state index contributed by atoms with van der Waals surface area (Å²) in [7, 11) is 0. The van der Waals surface area contributed by atoms with E-state index in [0.29, 0.717) is 44.8 Å². The van der Waals surface area contributed by atoms with E-state index in [1.54, 1.807) is 12.1 Å². The highest BCUT2D eigenvalue weighted by atomic mass is 19.1. The maximum Gasteiger partial charge on any atom is 0.419 e. The van der Waals surface area contributed by atoms with Crippen molar-refractivity contribution < 1.29 is 23.3 Å². The van der Waals surface area contributed by atoms with Gasteiger partial charge in [0.05, 0.1) is 35.8 Å². The van der Waals surface area contributed by atoms with Gasteiger partial charge in [0.15, 0.2) is 5.58 Å². The number of nitro groups is 1. The van der Waals surface area contributed by atoms with Crippen LogP contribution in [0.25, 0.3) is 11.1 Å². The van der Waals surface area contributed by atoms with Crippen LogP contribution in [0.3, 0.4) is 0 Å². The summed E-state index contributed by atoms with van der Waals surface area (Å²) in [6.07, 6.45) is 0.571. The molecule has 10 nitrogen and oxygen atoms in total. The number of halogens is 1. The van der Waals surface area contributed by atoms with Crippen molar-refractivity contribution >= 4 is 22.7 Å². The first-order valence-electron chi connectivity index (χ1n) is 11.0. The molecule has 1 aliphatic heterocycles. The van der Waals surface area contributed by atoms with Crippen LogP contribution in [-0.4, -0.2) is 53.1 Å². The highest BCUT2D eigenvalue weighted by Crippen LogP contribution is 2.22. The number of carbonyl (C=O) groups is 1. The molecule has 0 spiro atoms. The highest BCUT2D eigenvalue weighted by Gasteiger charge is 2.23. The maximum atomic E-state index is 13.4. The van der Waals surface area contributed by atoms with E-state index in [-0.39, 0.29) is 42.0 Å². The second-order valence-corrected chi connectivity index (χ2v) is 8.05. The third-order valence-electron chi connectivity index (χ3n) is 5.88. The third kappa shape index (κ3) is 5.49. The van der Waals surface area contributed by atoms with Gasteiger partial charge in [0.25, 0.3) is 5.69 Å². The van der Waals surface area contributed by atoms with Crippen LogP contribution in [-0.2, 0) is 16.1 Å². The van der Waals surface area contributed by atoms with Gasteiger partial charge in [-0.1, -0.05) is 12.1 Å². The second-order valence-electron chi connectivity index (χ2n) is 8.05. The van der Waals surface area contributed by atoms with E-state index in [2.05, 4.69) is 10.2 Å². The van der Waals surface area contributed by atoms with Gasteiger partial charge >= 0.3 is 5.76 Å². The van der Waals surface area contributed by atoms with Crippen molar-refractivity contribution in [2.45, 2.75) is 25.4 Å². The molecule has 34 heavy (non-hydrogen) atoms. The van der Waals surface area contributed by atoms with Gasteiger partial charge in [-0.15, -0.1) is 0 Å². The van der Waals surface area contributed by atoms with Crippen molar-refractivity contribution in [2.75, 3.05) is 32.8 Å². The van der Waals surface area contributed by atoms with Gasteiger partial charge in [-0.25, -0.2) is 9.18 Å². The Bertz CT molecular complexity index is 1220. The fraction of sp³-hybridized carbons (Fsp3) is 0.391. The topological polar surface area (TPSA) is 120 Å². The molecule has 1 atom stereocenters. The fourth-order valence-electron chi connectivity index (χ4n) is 4.11. The molecule has 180 valence electrons. The smallest absolute Gasteiger partial charge is 0.407 e. The lowest BCUT2D eigenvalue weighted by molar-refractivity contribution is -0.384. The molecule has 0 aliphatic carbocycles. The van der Waals surface area contributed by atoms with Crippen molar-refractivity contribution in [1.82, 2.24) is 14.8 Å². The van der Waals surface area contributed by atoms with E-state index in [0.717, 1.165) is 5.56 Å². The summed E-state index contributed by atoms with van der Waals surface area (Å²) in [5.41, 5.74) is 1.33. The van der Waals surface area contributed by atoms with Crippen LogP contribution in [0.4, 0.5) is 10.1 Å². The Labute approximate surface area is 194 Å². The van der Waals surface area contributed by atoms with Gasteiger partial charge in [0.2, 0.25) is 5.91 Å². The summed E-state index contributed by atoms with van der Waals surface area (Å²) in [4.78, 5) is 37.2.